The Kier molecular flexibility index (Phi) is 7.55. The molecule has 0 bridgehead atoms. The monoisotopic (exact) mass is 492 g/mol. The largest absolute Gasteiger partial charge is 0.507 e. The van der Waals surface area contributed by atoms with E-state index >= 15 is 0 Å². The number of rotatable bonds is 8. The Morgan fingerprint density at radius 1 is 1.06 bits per heavy atom. The van der Waals surface area contributed by atoms with E-state index in [0.717, 1.165) is 5.56 Å². The predicted molar refractivity (Wildman–Crippen MR) is 128 cm³/mol. The van der Waals surface area contributed by atoms with E-state index in [0.29, 0.717) is 13.1 Å². The minimum atomic E-state index is -0.963. The second kappa shape index (κ2) is 11.0. The van der Waals surface area contributed by atoms with Crippen LogP contribution in [0.25, 0.3) is 0 Å². The summed E-state index contributed by atoms with van der Waals surface area (Å²) >= 11 is 0. The summed E-state index contributed by atoms with van der Waals surface area (Å²) in [7, 11) is 1.26. The smallest absolute Gasteiger partial charge is 0.251 e. The number of pyridine rings is 1. The summed E-state index contributed by atoms with van der Waals surface area (Å²) in [6, 6.07) is 11.0. The van der Waals surface area contributed by atoms with Gasteiger partial charge in [0.15, 0.2) is 17.3 Å². The molecule has 36 heavy (non-hydrogen) atoms. The molecule has 4 rings (SSSR count). The molecule has 3 aromatic rings. The van der Waals surface area contributed by atoms with Gasteiger partial charge in [-0.2, -0.15) is 0 Å². The lowest BCUT2D eigenvalue weighted by molar-refractivity contribution is -0.121. The SMILES string of the molecule is COc1ccc(O)c(C(=O)c2ccc(C(=O)NC3CNC[C@H]3NC(=O)Cc3cccnc3)cc2)c1F. The molecule has 1 aliphatic rings. The van der Waals surface area contributed by atoms with Gasteiger partial charge in [-0.05, 0) is 35.9 Å². The van der Waals surface area contributed by atoms with E-state index in [4.69, 9.17) is 4.74 Å². The first-order valence-corrected chi connectivity index (χ1v) is 11.3. The van der Waals surface area contributed by atoms with E-state index in [1.165, 1.54) is 43.5 Å². The molecule has 0 spiro atoms. The Balaban J connectivity index is 1.39. The lowest BCUT2D eigenvalue weighted by Crippen LogP contribution is -2.51. The van der Waals surface area contributed by atoms with E-state index in [9.17, 15) is 23.9 Å². The second-order valence-corrected chi connectivity index (χ2v) is 8.33. The fraction of sp³-hybridized carbons (Fsp3) is 0.231. The van der Waals surface area contributed by atoms with Crippen LogP contribution in [0, 0.1) is 5.82 Å². The average Bonchev–Trinajstić information content (AvgIpc) is 3.30. The van der Waals surface area contributed by atoms with E-state index in [1.54, 1.807) is 18.5 Å². The first-order chi connectivity index (χ1) is 17.4. The highest BCUT2D eigenvalue weighted by Crippen LogP contribution is 2.30. The normalized spacial score (nSPS) is 16.8. The van der Waals surface area contributed by atoms with Gasteiger partial charge in [0, 0.05) is 36.6 Å². The number of carbonyl (C=O) groups is 3. The molecule has 0 aliphatic carbocycles. The average molecular weight is 493 g/mol. The van der Waals surface area contributed by atoms with Crippen molar-refractivity contribution < 1.29 is 28.6 Å². The molecule has 1 aromatic heterocycles. The van der Waals surface area contributed by atoms with Crippen LogP contribution in [0.3, 0.4) is 0 Å². The third-order valence-corrected chi connectivity index (χ3v) is 5.91. The molecule has 1 saturated heterocycles. The van der Waals surface area contributed by atoms with Gasteiger partial charge in [0.05, 0.1) is 25.6 Å². The van der Waals surface area contributed by atoms with Crippen LogP contribution in [0.15, 0.2) is 60.9 Å². The van der Waals surface area contributed by atoms with Crippen LogP contribution in [0.1, 0.15) is 31.8 Å². The highest BCUT2D eigenvalue weighted by atomic mass is 19.1. The van der Waals surface area contributed by atoms with Gasteiger partial charge in [0.25, 0.3) is 5.91 Å². The maximum atomic E-state index is 14.5. The summed E-state index contributed by atoms with van der Waals surface area (Å²) in [5.41, 5.74) is 0.665. The Morgan fingerprint density at radius 3 is 2.42 bits per heavy atom. The molecular formula is C26H25FN4O5. The predicted octanol–water partition coefficient (Wildman–Crippen LogP) is 1.60. The summed E-state index contributed by atoms with van der Waals surface area (Å²) in [6.45, 7) is 0.987. The fourth-order valence-corrected chi connectivity index (χ4v) is 4.02. The maximum Gasteiger partial charge on any atom is 0.251 e. The number of hydrogen-bond acceptors (Lipinski definition) is 7. The molecule has 4 N–H and O–H groups in total. The highest BCUT2D eigenvalue weighted by molar-refractivity contribution is 6.11. The number of aromatic hydroxyl groups is 1. The maximum absolute atomic E-state index is 14.5. The molecule has 2 aromatic carbocycles. The summed E-state index contributed by atoms with van der Waals surface area (Å²) in [4.78, 5) is 42.0. The number of phenolic OH excluding ortho intramolecular Hbond substituents is 1. The van der Waals surface area contributed by atoms with Crippen LogP contribution < -0.4 is 20.7 Å². The molecule has 2 amide bonds. The molecule has 9 nitrogen and oxygen atoms in total. The van der Waals surface area contributed by atoms with Crippen molar-refractivity contribution in [2.75, 3.05) is 20.2 Å². The van der Waals surface area contributed by atoms with E-state index < -0.39 is 22.9 Å². The molecule has 186 valence electrons. The first-order valence-electron chi connectivity index (χ1n) is 11.3. The first kappa shape index (κ1) is 24.8. The molecule has 10 heteroatoms. The molecule has 2 atom stereocenters. The van der Waals surface area contributed by atoms with Gasteiger partial charge in [0.1, 0.15) is 11.3 Å². The number of amides is 2. The number of ether oxygens (including phenoxy) is 1. The number of carbonyl (C=O) groups excluding carboxylic acids is 3. The zero-order valence-corrected chi connectivity index (χ0v) is 19.5. The summed E-state index contributed by atoms with van der Waals surface area (Å²) in [5, 5.41) is 19.0. The van der Waals surface area contributed by atoms with Gasteiger partial charge in [-0.1, -0.05) is 18.2 Å². The zero-order valence-electron chi connectivity index (χ0n) is 19.5. The van der Waals surface area contributed by atoms with Crippen LogP contribution in [-0.2, 0) is 11.2 Å². The van der Waals surface area contributed by atoms with Gasteiger partial charge in [0.2, 0.25) is 5.91 Å². The molecule has 0 saturated carbocycles. The third kappa shape index (κ3) is 5.49. The lowest BCUT2D eigenvalue weighted by Gasteiger charge is -2.21. The summed E-state index contributed by atoms with van der Waals surface area (Å²) < 4.78 is 19.4. The van der Waals surface area contributed by atoms with Crippen molar-refractivity contribution >= 4 is 17.6 Å². The highest BCUT2D eigenvalue weighted by Gasteiger charge is 2.30. The Labute approximate surface area is 206 Å². The lowest BCUT2D eigenvalue weighted by atomic mass is 10.00. The number of halogens is 1. The van der Waals surface area contributed by atoms with Crippen molar-refractivity contribution in [1.29, 1.82) is 0 Å². The standard InChI is InChI=1S/C26H25FN4O5/c1-36-21-9-8-20(32)23(24(21)27)25(34)16-4-6-17(7-5-16)26(35)31-19-14-29-13-18(19)30-22(33)11-15-3-2-10-28-12-15/h2-10,12,18-19,29,32H,11,13-14H2,1H3,(H,30,33)(H,31,35)/t18-,19?/m1/s1. The number of nitrogens with zero attached hydrogens (tertiary/aromatic N) is 1. The van der Waals surface area contributed by atoms with Crippen LogP contribution in [0.5, 0.6) is 11.5 Å². The fourth-order valence-electron chi connectivity index (χ4n) is 4.02. The van der Waals surface area contributed by atoms with Crippen molar-refractivity contribution in [3.63, 3.8) is 0 Å². The number of phenols is 1. The van der Waals surface area contributed by atoms with Crippen LogP contribution in [0.4, 0.5) is 4.39 Å². The third-order valence-electron chi connectivity index (χ3n) is 5.91. The summed E-state index contributed by atoms with van der Waals surface area (Å²) in [6.07, 6.45) is 3.45. The minimum absolute atomic E-state index is 0.0945. The molecule has 1 fully saturated rings. The Bertz CT molecular complexity index is 1270. The van der Waals surface area contributed by atoms with Gasteiger partial charge in [-0.3, -0.25) is 19.4 Å². The topological polar surface area (TPSA) is 130 Å². The number of hydrogen-bond donors (Lipinski definition) is 4. The van der Waals surface area contributed by atoms with Crippen molar-refractivity contribution in [2.45, 2.75) is 18.5 Å². The molecule has 1 unspecified atom stereocenters. The number of methoxy groups -OCH3 is 1. The van der Waals surface area contributed by atoms with Crippen molar-refractivity contribution in [3.05, 3.63) is 89.0 Å². The van der Waals surface area contributed by atoms with Crippen molar-refractivity contribution in [2.24, 2.45) is 0 Å². The van der Waals surface area contributed by atoms with Crippen molar-refractivity contribution in [3.8, 4) is 11.5 Å². The number of aromatic nitrogens is 1. The molecule has 2 heterocycles. The van der Waals surface area contributed by atoms with Crippen LogP contribution >= 0.6 is 0 Å². The molecule has 0 radical (unpaired) electrons. The number of ketones is 1. The quantitative estimate of drug-likeness (QED) is 0.352. The van der Waals surface area contributed by atoms with Crippen LogP contribution in [-0.4, -0.2) is 60.0 Å². The molecule has 1 aliphatic heterocycles. The Hall–Kier alpha value is -4.31. The van der Waals surface area contributed by atoms with Gasteiger partial charge in [-0.25, -0.2) is 4.39 Å². The van der Waals surface area contributed by atoms with Crippen molar-refractivity contribution in [1.82, 2.24) is 20.9 Å². The van der Waals surface area contributed by atoms with Crippen LogP contribution in [0.2, 0.25) is 0 Å². The van der Waals surface area contributed by atoms with Gasteiger partial charge < -0.3 is 25.8 Å². The zero-order chi connectivity index (χ0) is 25.7. The van der Waals surface area contributed by atoms with E-state index in [1.807, 2.05) is 6.07 Å². The van der Waals surface area contributed by atoms with Gasteiger partial charge in [-0.15, -0.1) is 0 Å². The van der Waals surface area contributed by atoms with Gasteiger partial charge >= 0.3 is 0 Å². The van der Waals surface area contributed by atoms with E-state index in [2.05, 4.69) is 20.9 Å². The molecular weight excluding hydrogens is 467 g/mol. The van der Waals surface area contributed by atoms with E-state index in [-0.39, 0.29) is 47.2 Å². The Morgan fingerprint density at radius 2 is 1.75 bits per heavy atom. The number of benzene rings is 2. The minimum Gasteiger partial charge on any atom is -0.507 e. The second-order valence-electron chi connectivity index (χ2n) is 8.33. The number of nitrogens with one attached hydrogen (secondary N) is 3. The summed E-state index contributed by atoms with van der Waals surface area (Å²) in [5.74, 6) is -2.94.